The molecule has 1 N–H and O–H groups in total. The van der Waals surface area contributed by atoms with Gasteiger partial charge < -0.3 is 4.74 Å². The van der Waals surface area contributed by atoms with E-state index in [9.17, 15) is 9.59 Å². The van der Waals surface area contributed by atoms with Gasteiger partial charge >= 0.3 is 0 Å². The van der Waals surface area contributed by atoms with Gasteiger partial charge in [0.05, 0.1) is 0 Å². The number of nitrogens with zero attached hydrogens (tertiary/aromatic N) is 1. The van der Waals surface area contributed by atoms with Gasteiger partial charge in [0, 0.05) is 23.0 Å². The Kier molecular flexibility index (Phi) is 5.57. The van der Waals surface area contributed by atoms with Crippen LogP contribution < -0.4 is 10.2 Å². The summed E-state index contributed by atoms with van der Waals surface area (Å²) in [6.45, 7) is 5.89. The van der Waals surface area contributed by atoms with Gasteiger partial charge in [-0.05, 0) is 42.5 Å². The highest BCUT2D eigenvalue weighted by molar-refractivity contribution is 9.10. The smallest absolute Gasteiger partial charge is 0.277 e. The number of nitrogens with one attached hydrogen (secondary N) is 1. The van der Waals surface area contributed by atoms with Crippen molar-refractivity contribution in [3.8, 4) is 5.75 Å². The standard InChI is InChI=1S/C17H21BrN2O3/c1-11-6-14(4-5-15(11)18)23-10-16(22)20-19-12-7-13(21)9-17(2,3)8-12/h4-6H,7-10H2,1-3H3,(H,20,22)/b19-12+. The molecule has 1 aromatic carbocycles. The van der Waals surface area contributed by atoms with Crippen LogP contribution in [0, 0.1) is 12.3 Å². The number of hydrogen-bond donors (Lipinski definition) is 1. The maximum atomic E-state index is 11.8. The zero-order chi connectivity index (χ0) is 17.0. The number of hydrogen-bond acceptors (Lipinski definition) is 4. The van der Waals surface area contributed by atoms with Crippen molar-refractivity contribution in [1.29, 1.82) is 0 Å². The predicted molar refractivity (Wildman–Crippen MR) is 92.6 cm³/mol. The molecule has 0 heterocycles. The first-order chi connectivity index (χ1) is 10.7. The average molecular weight is 381 g/mol. The van der Waals surface area contributed by atoms with Gasteiger partial charge in [0.2, 0.25) is 0 Å². The molecule has 0 radical (unpaired) electrons. The summed E-state index contributed by atoms with van der Waals surface area (Å²) in [5.41, 5.74) is 4.13. The van der Waals surface area contributed by atoms with Crippen LogP contribution in [0.5, 0.6) is 5.75 Å². The maximum Gasteiger partial charge on any atom is 0.277 e. The second-order valence-corrected chi connectivity index (χ2v) is 7.50. The first kappa shape index (κ1) is 17.7. The van der Waals surface area contributed by atoms with E-state index in [1.54, 1.807) is 6.07 Å². The summed E-state index contributed by atoms with van der Waals surface area (Å²) < 4.78 is 6.43. The molecule has 1 fully saturated rings. The Hall–Kier alpha value is -1.69. The summed E-state index contributed by atoms with van der Waals surface area (Å²) in [5, 5.41) is 4.08. The van der Waals surface area contributed by atoms with Crippen molar-refractivity contribution >= 4 is 33.3 Å². The number of amides is 1. The number of Topliss-reactive ketones (excluding diaryl/α,β-unsaturated/α-hetero) is 1. The summed E-state index contributed by atoms with van der Waals surface area (Å²) >= 11 is 3.41. The van der Waals surface area contributed by atoms with Crippen molar-refractivity contribution in [1.82, 2.24) is 5.43 Å². The topological polar surface area (TPSA) is 67.8 Å². The average Bonchev–Trinajstić information content (AvgIpc) is 2.44. The molecule has 1 aliphatic rings. The van der Waals surface area contributed by atoms with Crippen molar-refractivity contribution in [3.05, 3.63) is 28.2 Å². The molecule has 1 aliphatic carbocycles. The van der Waals surface area contributed by atoms with Crippen LogP contribution in [0.1, 0.15) is 38.7 Å². The van der Waals surface area contributed by atoms with E-state index in [-0.39, 0.29) is 23.7 Å². The molecule has 124 valence electrons. The second kappa shape index (κ2) is 7.25. The minimum Gasteiger partial charge on any atom is -0.484 e. The van der Waals surface area contributed by atoms with Gasteiger partial charge in [0.25, 0.3) is 5.91 Å². The van der Waals surface area contributed by atoms with E-state index < -0.39 is 0 Å². The Balaban J connectivity index is 1.86. The van der Waals surface area contributed by atoms with Gasteiger partial charge in [-0.3, -0.25) is 9.59 Å². The third-order valence-electron chi connectivity index (χ3n) is 3.60. The molecule has 1 aromatic rings. The van der Waals surface area contributed by atoms with Crippen LogP contribution in [0.25, 0.3) is 0 Å². The monoisotopic (exact) mass is 380 g/mol. The number of ketones is 1. The van der Waals surface area contributed by atoms with Crippen molar-refractivity contribution < 1.29 is 14.3 Å². The first-order valence-electron chi connectivity index (χ1n) is 7.50. The lowest BCUT2D eigenvalue weighted by Gasteiger charge is -2.28. The summed E-state index contributed by atoms with van der Waals surface area (Å²) in [6.07, 6.45) is 1.59. The van der Waals surface area contributed by atoms with E-state index in [1.165, 1.54) is 0 Å². The summed E-state index contributed by atoms with van der Waals surface area (Å²) in [5.74, 6) is 0.451. The van der Waals surface area contributed by atoms with Crippen LogP contribution in [-0.4, -0.2) is 24.0 Å². The lowest BCUT2D eigenvalue weighted by atomic mass is 9.76. The SMILES string of the molecule is Cc1cc(OCC(=O)N/N=C2\CC(=O)CC(C)(C)C2)ccc1Br. The van der Waals surface area contributed by atoms with Crippen molar-refractivity contribution in [3.63, 3.8) is 0 Å². The summed E-state index contributed by atoms with van der Waals surface area (Å²) in [6, 6.07) is 5.52. The van der Waals surface area contributed by atoms with E-state index in [2.05, 4.69) is 26.5 Å². The number of hydrazone groups is 1. The van der Waals surface area contributed by atoms with Crippen LogP contribution >= 0.6 is 15.9 Å². The van der Waals surface area contributed by atoms with Crippen LogP contribution in [0.4, 0.5) is 0 Å². The van der Waals surface area contributed by atoms with Crippen LogP contribution in [0.2, 0.25) is 0 Å². The second-order valence-electron chi connectivity index (χ2n) is 6.65. The summed E-state index contributed by atoms with van der Waals surface area (Å²) in [4.78, 5) is 23.5. The molecule has 0 atom stereocenters. The largest absolute Gasteiger partial charge is 0.484 e. The molecule has 0 aliphatic heterocycles. The Labute approximate surface area is 144 Å². The molecule has 6 heteroatoms. The van der Waals surface area contributed by atoms with Crippen LogP contribution in [0.15, 0.2) is 27.8 Å². The Morgan fingerprint density at radius 3 is 2.78 bits per heavy atom. The Bertz CT molecular complexity index is 653. The van der Waals surface area contributed by atoms with Crippen molar-refractivity contribution in [2.24, 2.45) is 10.5 Å². The van der Waals surface area contributed by atoms with E-state index in [1.807, 2.05) is 32.9 Å². The predicted octanol–water partition coefficient (Wildman–Crippen LogP) is 3.39. The molecule has 0 aromatic heterocycles. The van der Waals surface area contributed by atoms with Crippen molar-refractivity contribution in [2.75, 3.05) is 6.61 Å². The van der Waals surface area contributed by atoms with Gasteiger partial charge in [0.15, 0.2) is 6.61 Å². The fourth-order valence-electron chi connectivity index (χ4n) is 2.61. The number of benzene rings is 1. The minimum absolute atomic E-state index is 0.0929. The fraction of sp³-hybridized carbons (Fsp3) is 0.471. The molecule has 0 spiro atoms. The van der Waals surface area contributed by atoms with Crippen LogP contribution in [-0.2, 0) is 9.59 Å². The zero-order valence-electron chi connectivity index (χ0n) is 13.6. The van der Waals surface area contributed by atoms with Gasteiger partial charge in [-0.2, -0.15) is 5.10 Å². The third kappa shape index (κ3) is 5.46. The third-order valence-corrected chi connectivity index (χ3v) is 4.49. The highest BCUT2D eigenvalue weighted by Gasteiger charge is 2.30. The molecule has 1 saturated carbocycles. The number of ether oxygens (including phenoxy) is 1. The minimum atomic E-state index is -0.339. The van der Waals surface area contributed by atoms with Gasteiger partial charge in [-0.15, -0.1) is 0 Å². The van der Waals surface area contributed by atoms with Gasteiger partial charge in [-0.25, -0.2) is 5.43 Å². The van der Waals surface area contributed by atoms with Gasteiger partial charge in [-0.1, -0.05) is 29.8 Å². The summed E-state index contributed by atoms with van der Waals surface area (Å²) in [7, 11) is 0. The van der Waals surface area contributed by atoms with E-state index >= 15 is 0 Å². The molecule has 0 bridgehead atoms. The molecule has 0 unspecified atom stereocenters. The van der Waals surface area contributed by atoms with Gasteiger partial charge in [0.1, 0.15) is 11.5 Å². The molecule has 5 nitrogen and oxygen atoms in total. The lowest BCUT2D eigenvalue weighted by molar-refractivity contribution is -0.123. The number of carbonyl (C=O) groups excluding carboxylic acids is 2. The molecule has 1 amide bonds. The highest BCUT2D eigenvalue weighted by Crippen LogP contribution is 2.31. The Morgan fingerprint density at radius 1 is 1.39 bits per heavy atom. The molecular formula is C17H21BrN2O3. The molecule has 0 saturated heterocycles. The number of halogens is 1. The van der Waals surface area contributed by atoms with Crippen molar-refractivity contribution in [2.45, 2.75) is 40.0 Å². The number of aryl methyl sites for hydroxylation is 1. The Morgan fingerprint density at radius 2 is 2.13 bits per heavy atom. The zero-order valence-corrected chi connectivity index (χ0v) is 15.2. The fourth-order valence-corrected chi connectivity index (χ4v) is 2.86. The quantitative estimate of drug-likeness (QED) is 0.813. The first-order valence-corrected chi connectivity index (χ1v) is 8.29. The number of carbonyl (C=O) groups is 2. The lowest BCUT2D eigenvalue weighted by Crippen LogP contribution is -2.32. The molecule has 23 heavy (non-hydrogen) atoms. The normalized spacial score (nSPS) is 18.8. The molecular weight excluding hydrogens is 360 g/mol. The number of rotatable bonds is 4. The van der Waals surface area contributed by atoms with E-state index in [0.29, 0.717) is 25.0 Å². The van der Waals surface area contributed by atoms with Crippen LogP contribution in [0.3, 0.4) is 0 Å². The maximum absolute atomic E-state index is 11.8. The van der Waals surface area contributed by atoms with E-state index in [4.69, 9.17) is 4.74 Å². The van der Waals surface area contributed by atoms with E-state index in [0.717, 1.165) is 15.7 Å². The highest BCUT2D eigenvalue weighted by atomic mass is 79.9. The molecule has 2 rings (SSSR count).